The molecule has 582 valence electrons. The van der Waals surface area contributed by atoms with Crippen LogP contribution in [-0.4, -0.2) is 96.7 Å². The molecule has 0 radical (unpaired) electrons. The Labute approximate surface area is 617 Å². The normalized spacial score (nSPS) is 14.7. The topological polar surface area (TPSA) is 237 Å². The number of unbranched alkanes of at least 4 members (excludes halogenated alkanes) is 22. The molecule has 0 heterocycles. The molecule has 102 heavy (non-hydrogen) atoms. The lowest BCUT2D eigenvalue weighted by atomic mass is 10.1. The zero-order valence-corrected chi connectivity index (χ0v) is 65.3. The number of carbonyl (C=O) groups excluding carboxylic acids is 4. The zero-order chi connectivity index (χ0) is 74.6. The number of aliphatic hydroxyl groups excluding tert-OH is 1. The lowest BCUT2D eigenvalue weighted by Crippen LogP contribution is -2.30. The summed E-state index contributed by atoms with van der Waals surface area (Å²) in [5.41, 5.74) is 0. The van der Waals surface area contributed by atoms with Gasteiger partial charge in [-0.3, -0.25) is 37.3 Å². The Hall–Kier alpha value is -5.06. The molecule has 17 nitrogen and oxygen atoms in total. The van der Waals surface area contributed by atoms with Gasteiger partial charge in [0.15, 0.2) is 12.2 Å². The summed E-state index contributed by atoms with van der Waals surface area (Å²) in [7, 11) is -9.99. The average molecular weight is 1470 g/mol. The Morgan fingerprint density at radius 3 is 0.804 bits per heavy atom. The van der Waals surface area contributed by atoms with Gasteiger partial charge in [0.05, 0.1) is 26.4 Å². The van der Waals surface area contributed by atoms with Crippen LogP contribution in [0.4, 0.5) is 0 Å². The van der Waals surface area contributed by atoms with Crippen LogP contribution in [0, 0.1) is 0 Å². The van der Waals surface area contributed by atoms with Gasteiger partial charge in [-0.1, -0.05) is 251 Å². The van der Waals surface area contributed by atoms with Gasteiger partial charge >= 0.3 is 39.5 Å². The van der Waals surface area contributed by atoms with E-state index in [2.05, 4.69) is 174 Å². The molecular weight excluding hydrogens is 1330 g/mol. The third kappa shape index (κ3) is 73.3. The molecule has 0 aromatic carbocycles. The third-order valence-corrected chi connectivity index (χ3v) is 17.7. The summed E-state index contributed by atoms with van der Waals surface area (Å²) < 4.78 is 68.5. The van der Waals surface area contributed by atoms with Crippen LogP contribution in [0.3, 0.4) is 0 Å². The van der Waals surface area contributed by atoms with E-state index < -0.39 is 97.5 Å². The quantitative estimate of drug-likeness (QED) is 0.0169. The largest absolute Gasteiger partial charge is 0.472 e. The second-order valence-corrected chi connectivity index (χ2v) is 28.4. The lowest BCUT2D eigenvalue weighted by Gasteiger charge is -2.21. The van der Waals surface area contributed by atoms with Gasteiger partial charge in [-0.15, -0.1) is 0 Å². The molecule has 0 fully saturated rings. The van der Waals surface area contributed by atoms with Crippen LogP contribution in [0.1, 0.15) is 297 Å². The number of phosphoric ester groups is 2. The number of hydrogen-bond donors (Lipinski definition) is 3. The van der Waals surface area contributed by atoms with Crippen LogP contribution in [-0.2, 0) is 65.4 Å². The van der Waals surface area contributed by atoms with Crippen molar-refractivity contribution in [1.82, 2.24) is 0 Å². The first-order chi connectivity index (χ1) is 49.7. The number of aliphatic hydroxyl groups is 1. The molecule has 0 aliphatic rings. The van der Waals surface area contributed by atoms with Crippen LogP contribution >= 0.6 is 15.6 Å². The summed E-state index contributed by atoms with van der Waals surface area (Å²) in [6.07, 6.45) is 84.0. The number of hydrogen-bond acceptors (Lipinski definition) is 15. The van der Waals surface area contributed by atoms with Crippen molar-refractivity contribution in [3.8, 4) is 0 Å². The minimum atomic E-state index is -5.00. The third-order valence-electron chi connectivity index (χ3n) is 15.8. The van der Waals surface area contributed by atoms with Gasteiger partial charge in [0.1, 0.15) is 19.3 Å². The van der Waals surface area contributed by atoms with E-state index in [0.29, 0.717) is 25.7 Å². The van der Waals surface area contributed by atoms with E-state index in [1.807, 2.05) is 0 Å². The van der Waals surface area contributed by atoms with E-state index in [-0.39, 0.29) is 25.7 Å². The van der Waals surface area contributed by atoms with Crippen molar-refractivity contribution >= 4 is 39.5 Å². The van der Waals surface area contributed by atoms with Gasteiger partial charge in [0, 0.05) is 25.7 Å². The summed E-state index contributed by atoms with van der Waals surface area (Å²) >= 11 is 0. The smallest absolute Gasteiger partial charge is 0.462 e. The standard InChI is InChI=1S/C83H138O17P2/c1-5-9-13-17-21-25-29-33-37-38-42-44-48-52-56-60-64-68-81(86)94-74-79(100-83(88)70-66-62-58-54-50-46-41-36-32-28-24-20-16-12-8-4)76-98-102(91,92)96-72-77(84)71-95-101(89,90)97-75-78(99-82(87)69-65-61-57-53-49-45-40-35-31-27-23-19-15-11-7-3)73-93-80(85)67-63-59-55-51-47-43-39-34-30-26-22-18-14-10-6-2/h9-10,13-14,21-28,33-37,39-42,44,47,51,77-79,84H,5-8,11-12,15-20,29-32,38,43,45-46,48-50,52-76H2,1-4H3,(H,89,90)(H,91,92)/b13-9-,14-10-,25-21-,26-22-,27-23-,28-24-,37-33-,39-34-,40-35-,41-36-,44-42-,51-47-. The Morgan fingerprint density at radius 2 is 0.510 bits per heavy atom. The number of phosphoric acid groups is 2. The molecule has 0 aromatic rings. The molecule has 0 spiro atoms. The number of esters is 4. The molecule has 3 N–H and O–H groups in total. The van der Waals surface area contributed by atoms with Gasteiger partial charge in [-0.25, -0.2) is 9.13 Å². The first-order valence-corrected chi connectivity index (χ1v) is 42.1. The molecule has 0 aliphatic heterocycles. The Bertz CT molecular complexity index is 2510. The minimum absolute atomic E-state index is 0.0652. The molecule has 5 unspecified atom stereocenters. The maximum atomic E-state index is 13.1. The Balaban J connectivity index is 5.45. The summed E-state index contributed by atoms with van der Waals surface area (Å²) in [6, 6.07) is 0. The van der Waals surface area contributed by atoms with E-state index in [0.717, 1.165) is 180 Å². The molecule has 0 saturated heterocycles. The van der Waals surface area contributed by atoms with Crippen LogP contribution in [0.25, 0.3) is 0 Å². The average Bonchev–Trinajstić information content (AvgIpc) is 0.923. The Kier molecular flexibility index (Phi) is 70.5. The first-order valence-electron chi connectivity index (χ1n) is 39.1. The first kappa shape index (κ1) is 96.9. The van der Waals surface area contributed by atoms with E-state index in [9.17, 15) is 43.2 Å². The van der Waals surface area contributed by atoms with Crippen molar-refractivity contribution in [2.24, 2.45) is 0 Å². The van der Waals surface area contributed by atoms with Crippen LogP contribution in [0.15, 0.2) is 146 Å². The summed E-state index contributed by atoms with van der Waals surface area (Å²) in [5, 5.41) is 10.6. The highest BCUT2D eigenvalue weighted by molar-refractivity contribution is 7.47. The molecule has 19 heteroatoms. The number of rotatable bonds is 72. The molecule has 0 saturated carbocycles. The second kappa shape index (κ2) is 74.2. The number of carbonyl (C=O) groups is 4. The van der Waals surface area contributed by atoms with Crippen molar-refractivity contribution in [2.45, 2.75) is 316 Å². The van der Waals surface area contributed by atoms with Crippen molar-refractivity contribution in [2.75, 3.05) is 39.6 Å². The number of ether oxygens (including phenoxy) is 4. The van der Waals surface area contributed by atoms with E-state index in [4.69, 9.17) is 37.0 Å². The van der Waals surface area contributed by atoms with Gasteiger partial charge < -0.3 is 33.8 Å². The van der Waals surface area contributed by atoms with Crippen molar-refractivity contribution in [3.63, 3.8) is 0 Å². The van der Waals surface area contributed by atoms with Gasteiger partial charge in [0.2, 0.25) is 0 Å². The monoisotopic (exact) mass is 1470 g/mol. The highest BCUT2D eigenvalue weighted by Gasteiger charge is 2.30. The SMILES string of the molecule is CC/C=C\C/C=C\C/C=C\C/C=C\CCCCCCC(=O)OCC(COP(=O)(O)OCC(O)COP(=O)(O)OCC(COC(=O)CCCC/C=C\C/C=C\C/C=C\C/C=C\CC)OC(=O)CCCCCCC/C=C\C/C=C\CCCCC)OC(=O)CCCCCCC/C=C\C/C=C\CCCCC. The molecule has 5 atom stereocenters. The van der Waals surface area contributed by atoms with Crippen LogP contribution in [0.2, 0.25) is 0 Å². The molecule has 0 aliphatic carbocycles. The molecule has 0 bridgehead atoms. The summed E-state index contributed by atoms with van der Waals surface area (Å²) in [5.74, 6) is -2.29. The molecule has 0 aromatic heterocycles. The predicted molar refractivity (Wildman–Crippen MR) is 417 cm³/mol. The molecule has 0 amide bonds. The maximum absolute atomic E-state index is 13.1. The highest BCUT2D eigenvalue weighted by Crippen LogP contribution is 2.45. The predicted octanol–water partition coefficient (Wildman–Crippen LogP) is 22.7. The maximum Gasteiger partial charge on any atom is 0.472 e. The summed E-state index contributed by atoms with van der Waals surface area (Å²) in [4.78, 5) is 73.0. The molecule has 0 rings (SSSR count). The Morgan fingerprint density at radius 1 is 0.284 bits per heavy atom. The van der Waals surface area contributed by atoms with Gasteiger partial charge in [-0.2, -0.15) is 0 Å². The van der Waals surface area contributed by atoms with E-state index in [1.54, 1.807) is 0 Å². The van der Waals surface area contributed by atoms with Crippen molar-refractivity contribution in [1.29, 1.82) is 0 Å². The number of allylic oxidation sites excluding steroid dienone is 24. The molecular formula is C83H138O17P2. The highest BCUT2D eigenvalue weighted by atomic mass is 31.2. The fourth-order valence-electron chi connectivity index (χ4n) is 9.85. The second-order valence-electron chi connectivity index (χ2n) is 25.5. The van der Waals surface area contributed by atoms with Crippen molar-refractivity contribution < 1.29 is 80.2 Å². The lowest BCUT2D eigenvalue weighted by molar-refractivity contribution is -0.161. The van der Waals surface area contributed by atoms with Gasteiger partial charge in [-0.05, 0) is 167 Å². The fraction of sp³-hybridized carbons (Fsp3) is 0.663. The fourth-order valence-corrected chi connectivity index (χ4v) is 11.4. The van der Waals surface area contributed by atoms with E-state index in [1.165, 1.54) is 38.5 Å². The van der Waals surface area contributed by atoms with E-state index >= 15 is 0 Å². The van der Waals surface area contributed by atoms with Gasteiger partial charge in [0.25, 0.3) is 0 Å². The zero-order valence-electron chi connectivity index (χ0n) is 63.5. The summed E-state index contributed by atoms with van der Waals surface area (Å²) in [6.45, 7) is 4.48. The minimum Gasteiger partial charge on any atom is -0.462 e. The van der Waals surface area contributed by atoms with Crippen LogP contribution < -0.4 is 0 Å². The van der Waals surface area contributed by atoms with Crippen molar-refractivity contribution in [3.05, 3.63) is 146 Å². The van der Waals surface area contributed by atoms with Crippen LogP contribution in [0.5, 0.6) is 0 Å².